The minimum atomic E-state index is -0.242. The summed E-state index contributed by atoms with van der Waals surface area (Å²) in [6.07, 6.45) is 2.79. The molecule has 1 aliphatic heterocycles. The van der Waals surface area contributed by atoms with Gasteiger partial charge in [0.2, 0.25) is 0 Å². The maximum absolute atomic E-state index is 11.4. The first-order valence-corrected chi connectivity index (χ1v) is 6.80. The van der Waals surface area contributed by atoms with E-state index in [1.54, 1.807) is 0 Å². The highest BCUT2D eigenvalue weighted by Gasteiger charge is 2.31. The minimum Gasteiger partial charge on any atom is -0.489 e. The van der Waals surface area contributed by atoms with Crippen molar-refractivity contribution in [3.05, 3.63) is 29.8 Å². The molecule has 19 heavy (non-hydrogen) atoms. The second-order valence-electron chi connectivity index (χ2n) is 4.82. The molecule has 1 fully saturated rings. The van der Waals surface area contributed by atoms with Crippen molar-refractivity contribution >= 4 is 5.97 Å². The monoisotopic (exact) mass is 263 g/mol. The third-order valence-electron chi connectivity index (χ3n) is 3.36. The zero-order valence-corrected chi connectivity index (χ0v) is 11.5. The highest BCUT2D eigenvalue weighted by molar-refractivity contribution is 5.76. The molecule has 104 valence electrons. The number of benzene rings is 1. The van der Waals surface area contributed by atoms with E-state index in [0.29, 0.717) is 13.0 Å². The number of carbonyl (C=O) groups excluding carboxylic acids is 1. The molecule has 0 aliphatic carbocycles. The fraction of sp³-hybridized carbons (Fsp3) is 0.533. The van der Waals surface area contributed by atoms with E-state index in [1.165, 1.54) is 12.7 Å². The summed E-state index contributed by atoms with van der Waals surface area (Å²) in [7, 11) is 1.41. The Morgan fingerprint density at radius 3 is 2.95 bits per heavy atom. The van der Waals surface area contributed by atoms with E-state index < -0.39 is 0 Å². The highest BCUT2D eigenvalue weighted by atomic mass is 16.5. The van der Waals surface area contributed by atoms with Gasteiger partial charge >= 0.3 is 5.97 Å². The number of rotatable bonds is 5. The van der Waals surface area contributed by atoms with Gasteiger partial charge in [0, 0.05) is 13.0 Å². The van der Waals surface area contributed by atoms with Gasteiger partial charge in [-0.3, -0.25) is 4.79 Å². The fourth-order valence-electron chi connectivity index (χ4n) is 2.39. The Kier molecular flexibility index (Phi) is 4.80. The predicted octanol–water partition coefficient (Wildman–Crippen LogP) is 1.92. The first kappa shape index (κ1) is 13.9. The van der Waals surface area contributed by atoms with Gasteiger partial charge in [-0.05, 0) is 18.1 Å². The van der Waals surface area contributed by atoms with Gasteiger partial charge in [0.25, 0.3) is 0 Å². The topological polar surface area (TPSA) is 47.6 Å². The van der Waals surface area contributed by atoms with Gasteiger partial charge in [-0.15, -0.1) is 0 Å². The van der Waals surface area contributed by atoms with Crippen LogP contribution >= 0.6 is 0 Å². The smallest absolute Gasteiger partial charge is 0.323 e. The molecule has 0 amide bonds. The molecule has 1 aliphatic rings. The van der Waals surface area contributed by atoms with Gasteiger partial charge < -0.3 is 14.8 Å². The molecule has 1 heterocycles. The van der Waals surface area contributed by atoms with Gasteiger partial charge in [0.15, 0.2) is 0 Å². The molecule has 1 N–H and O–H groups in total. The zero-order valence-electron chi connectivity index (χ0n) is 11.5. The second-order valence-corrected chi connectivity index (χ2v) is 4.82. The Labute approximate surface area is 114 Å². The molecule has 0 spiro atoms. The summed E-state index contributed by atoms with van der Waals surface area (Å²) in [5, 5.41) is 3.13. The van der Waals surface area contributed by atoms with E-state index >= 15 is 0 Å². The maximum atomic E-state index is 11.4. The molecule has 0 unspecified atom stereocenters. The van der Waals surface area contributed by atoms with Crippen molar-refractivity contribution in [2.24, 2.45) is 0 Å². The predicted molar refractivity (Wildman–Crippen MR) is 73.3 cm³/mol. The van der Waals surface area contributed by atoms with Crippen LogP contribution in [0.3, 0.4) is 0 Å². The van der Waals surface area contributed by atoms with Gasteiger partial charge in [0.05, 0.1) is 7.11 Å². The van der Waals surface area contributed by atoms with Crippen molar-refractivity contribution in [1.82, 2.24) is 5.32 Å². The van der Waals surface area contributed by atoms with Gasteiger partial charge in [-0.1, -0.05) is 31.5 Å². The fourth-order valence-corrected chi connectivity index (χ4v) is 2.39. The Morgan fingerprint density at radius 1 is 1.42 bits per heavy atom. The van der Waals surface area contributed by atoms with Gasteiger partial charge in [0.1, 0.15) is 17.9 Å². The van der Waals surface area contributed by atoms with Crippen LogP contribution in [-0.2, 0) is 16.0 Å². The van der Waals surface area contributed by atoms with Gasteiger partial charge in [-0.25, -0.2) is 0 Å². The van der Waals surface area contributed by atoms with Crippen LogP contribution in [0.4, 0.5) is 0 Å². The second kappa shape index (κ2) is 6.57. The summed E-state index contributed by atoms with van der Waals surface area (Å²) >= 11 is 0. The lowest BCUT2D eigenvalue weighted by atomic mass is 10.1. The molecular weight excluding hydrogens is 242 g/mol. The molecule has 2 rings (SSSR count). The van der Waals surface area contributed by atoms with E-state index in [-0.39, 0.29) is 18.1 Å². The largest absolute Gasteiger partial charge is 0.489 e. The van der Waals surface area contributed by atoms with Gasteiger partial charge in [-0.2, -0.15) is 0 Å². The van der Waals surface area contributed by atoms with Crippen LogP contribution in [0, 0.1) is 0 Å². The zero-order chi connectivity index (χ0) is 13.7. The van der Waals surface area contributed by atoms with Crippen molar-refractivity contribution in [3.8, 4) is 5.75 Å². The lowest BCUT2D eigenvalue weighted by Crippen LogP contribution is -2.31. The minimum absolute atomic E-state index is 0.0297. The van der Waals surface area contributed by atoms with Crippen LogP contribution in [0.5, 0.6) is 5.75 Å². The quantitative estimate of drug-likeness (QED) is 0.825. The number of carbonyl (C=O) groups is 1. The Hall–Kier alpha value is -1.55. The summed E-state index contributed by atoms with van der Waals surface area (Å²) in [4.78, 5) is 11.4. The molecule has 4 heteroatoms. The average Bonchev–Trinajstić information content (AvgIpc) is 2.89. The third kappa shape index (κ3) is 3.47. The molecular formula is C15H21NO3. The number of methoxy groups -OCH3 is 1. The summed E-state index contributed by atoms with van der Waals surface area (Å²) < 4.78 is 10.8. The molecule has 4 nitrogen and oxygen atoms in total. The van der Waals surface area contributed by atoms with E-state index in [9.17, 15) is 4.79 Å². The van der Waals surface area contributed by atoms with Crippen LogP contribution in [0.15, 0.2) is 24.3 Å². The number of hydrogen-bond acceptors (Lipinski definition) is 4. The molecule has 0 bridgehead atoms. The maximum Gasteiger partial charge on any atom is 0.323 e. The van der Waals surface area contributed by atoms with Crippen molar-refractivity contribution in [2.75, 3.05) is 13.7 Å². The molecule has 1 aromatic carbocycles. The van der Waals surface area contributed by atoms with E-state index in [2.05, 4.69) is 18.3 Å². The number of esters is 1. The van der Waals surface area contributed by atoms with E-state index in [0.717, 1.165) is 18.6 Å². The normalized spacial score (nSPS) is 22.2. The first-order valence-electron chi connectivity index (χ1n) is 6.80. The molecule has 0 aromatic heterocycles. The summed E-state index contributed by atoms with van der Waals surface area (Å²) in [6.45, 7) is 2.83. The van der Waals surface area contributed by atoms with Crippen LogP contribution in [0.25, 0.3) is 0 Å². The number of aryl methyl sites for hydroxylation is 1. The summed E-state index contributed by atoms with van der Waals surface area (Å²) in [5.41, 5.74) is 1.23. The third-order valence-corrected chi connectivity index (χ3v) is 3.36. The molecule has 1 aromatic rings. The summed E-state index contributed by atoms with van der Waals surface area (Å²) in [5.74, 6) is 0.717. The van der Waals surface area contributed by atoms with E-state index in [1.807, 2.05) is 18.2 Å². The van der Waals surface area contributed by atoms with Crippen molar-refractivity contribution < 1.29 is 14.3 Å². The number of para-hydroxylation sites is 1. The summed E-state index contributed by atoms with van der Waals surface area (Å²) in [6, 6.07) is 7.86. The van der Waals surface area contributed by atoms with Crippen molar-refractivity contribution in [2.45, 2.75) is 38.3 Å². The Morgan fingerprint density at radius 2 is 2.21 bits per heavy atom. The van der Waals surface area contributed by atoms with Crippen molar-refractivity contribution in [3.63, 3.8) is 0 Å². The molecule has 0 radical (unpaired) electrons. The Bertz CT molecular complexity index is 433. The SMILES string of the molecule is CCCc1ccccc1O[C@@H]1CN[C@H](C(=O)OC)C1. The van der Waals surface area contributed by atoms with Crippen LogP contribution in [-0.4, -0.2) is 31.8 Å². The lowest BCUT2D eigenvalue weighted by Gasteiger charge is -2.16. The molecule has 1 saturated heterocycles. The van der Waals surface area contributed by atoms with Crippen LogP contribution in [0.1, 0.15) is 25.3 Å². The first-order chi connectivity index (χ1) is 9.24. The standard InChI is InChI=1S/C15H21NO3/c1-3-6-11-7-4-5-8-14(11)19-12-9-13(16-10-12)15(17)18-2/h4-5,7-8,12-13,16H,3,6,9-10H2,1-2H3/t12-,13-/m0/s1. The van der Waals surface area contributed by atoms with E-state index in [4.69, 9.17) is 9.47 Å². The Balaban J connectivity index is 1.97. The molecule has 2 atom stereocenters. The van der Waals surface area contributed by atoms with Crippen LogP contribution < -0.4 is 10.1 Å². The average molecular weight is 263 g/mol. The number of hydrogen-bond donors (Lipinski definition) is 1. The van der Waals surface area contributed by atoms with Crippen molar-refractivity contribution in [1.29, 1.82) is 0 Å². The lowest BCUT2D eigenvalue weighted by molar-refractivity contribution is -0.142. The number of ether oxygens (including phenoxy) is 2. The number of nitrogens with one attached hydrogen (secondary N) is 1. The van der Waals surface area contributed by atoms with Crippen LogP contribution in [0.2, 0.25) is 0 Å². The highest BCUT2D eigenvalue weighted by Crippen LogP contribution is 2.23. The molecule has 0 saturated carbocycles.